The highest BCUT2D eigenvalue weighted by atomic mass is 35.5. The number of rotatable bonds is 5. The maximum Gasteiger partial charge on any atom is 0.253 e. The van der Waals surface area contributed by atoms with Crippen LogP contribution in [-0.2, 0) is 14.8 Å². The molecule has 132 valence electrons. The number of nitrogens with two attached hydrogens (primary N) is 1. The lowest BCUT2D eigenvalue weighted by molar-refractivity contribution is -0.117. The fourth-order valence-corrected chi connectivity index (χ4v) is 2.70. The van der Waals surface area contributed by atoms with E-state index in [2.05, 4.69) is 10.6 Å². The highest BCUT2D eigenvalue weighted by Crippen LogP contribution is 2.15. The Labute approximate surface area is 150 Å². The average Bonchev–Trinajstić information content (AvgIpc) is 2.54. The van der Waals surface area contributed by atoms with Crippen LogP contribution in [0.1, 0.15) is 17.3 Å². The third-order valence-electron chi connectivity index (χ3n) is 3.31. The standard InChI is InChI=1S/C16H16ClN3O4S/c1-10(19-16(22)13-4-2-3-5-14(13)17)15(21)20-11-6-8-12(9-7-11)25(18,23)24/h2-10H,1H3,(H,19,22)(H,20,21)(H2,18,23,24)/t10-/m0/s1. The van der Waals surface area contributed by atoms with Gasteiger partial charge in [-0.05, 0) is 43.3 Å². The average molecular weight is 382 g/mol. The molecule has 0 aromatic heterocycles. The third kappa shape index (κ3) is 5.02. The number of hydrogen-bond donors (Lipinski definition) is 3. The van der Waals surface area contributed by atoms with Crippen molar-refractivity contribution in [1.82, 2.24) is 5.32 Å². The largest absolute Gasteiger partial charge is 0.340 e. The molecule has 4 N–H and O–H groups in total. The second-order valence-electron chi connectivity index (χ2n) is 5.23. The van der Waals surface area contributed by atoms with Crippen LogP contribution in [-0.4, -0.2) is 26.3 Å². The fraction of sp³-hybridized carbons (Fsp3) is 0.125. The summed E-state index contributed by atoms with van der Waals surface area (Å²) < 4.78 is 22.4. The first-order valence-electron chi connectivity index (χ1n) is 7.17. The number of carbonyl (C=O) groups excluding carboxylic acids is 2. The Morgan fingerprint density at radius 3 is 2.24 bits per heavy atom. The summed E-state index contributed by atoms with van der Waals surface area (Å²) in [5.41, 5.74) is 0.637. The smallest absolute Gasteiger partial charge is 0.253 e. The van der Waals surface area contributed by atoms with Crippen molar-refractivity contribution in [3.63, 3.8) is 0 Å². The molecule has 0 aliphatic heterocycles. The van der Waals surface area contributed by atoms with Crippen molar-refractivity contribution in [2.75, 3.05) is 5.32 Å². The van der Waals surface area contributed by atoms with Gasteiger partial charge in [0.2, 0.25) is 15.9 Å². The molecule has 0 saturated carbocycles. The maximum absolute atomic E-state index is 12.1. The van der Waals surface area contributed by atoms with Crippen molar-refractivity contribution >= 4 is 39.1 Å². The summed E-state index contributed by atoms with van der Waals surface area (Å²) in [6.45, 7) is 1.52. The third-order valence-corrected chi connectivity index (χ3v) is 4.57. The van der Waals surface area contributed by atoms with Gasteiger partial charge in [0.25, 0.3) is 5.91 Å². The van der Waals surface area contributed by atoms with Gasteiger partial charge in [-0.3, -0.25) is 9.59 Å². The number of hydrogen-bond acceptors (Lipinski definition) is 4. The van der Waals surface area contributed by atoms with Crippen LogP contribution in [0.5, 0.6) is 0 Å². The first kappa shape index (κ1) is 18.9. The van der Waals surface area contributed by atoms with E-state index in [1.807, 2.05) is 0 Å². The van der Waals surface area contributed by atoms with Crippen molar-refractivity contribution in [1.29, 1.82) is 0 Å². The molecule has 2 amide bonds. The van der Waals surface area contributed by atoms with E-state index >= 15 is 0 Å². The second kappa shape index (κ2) is 7.64. The molecule has 0 unspecified atom stereocenters. The topological polar surface area (TPSA) is 118 Å². The Hall–Kier alpha value is -2.42. The van der Waals surface area contributed by atoms with Gasteiger partial charge in [-0.2, -0.15) is 0 Å². The fourth-order valence-electron chi connectivity index (χ4n) is 1.96. The first-order valence-corrected chi connectivity index (χ1v) is 9.10. The monoisotopic (exact) mass is 381 g/mol. The minimum Gasteiger partial charge on any atom is -0.340 e. The van der Waals surface area contributed by atoms with Crippen LogP contribution in [0.2, 0.25) is 5.02 Å². The van der Waals surface area contributed by atoms with E-state index in [-0.39, 0.29) is 15.5 Å². The van der Waals surface area contributed by atoms with E-state index in [1.54, 1.807) is 24.3 Å². The molecule has 2 rings (SSSR count). The van der Waals surface area contributed by atoms with E-state index in [9.17, 15) is 18.0 Å². The molecule has 25 heavy (non-hydrogen) atoms. The van der Waals surface area contributed by atoms with Gasteiger partial charge in [0.05, 0.1) is 15.5 Å². The van der Waals surface area contributed by atoms with Crippen molar-refractivity contribution < 1.29 is 18.0 Å². The van der Waals surface area contributed by atoms with E-state index in [0.29, 0.717) is 5.69 Å². The van der Waals surface area contributed by atoms with Crippen molar-refractivity contribution in [3.05, 3.63) is 59.1 Å². The summed E-state index contributed by atoms with van der Waals surface area (Å²) in [7, 11) is -3.80. The Bertz CT molecular complexity index is 898. The van der Waals surface area contributed by atoms with Gasteiger partial charge < -0.3 is 10.6 Å². The molecule has 9 heteroatoms. The zero-order valence-corrected chi connectivity index (χ0v) is 14.8. The van der Waals surface area contributed by atoms with Crippen LogP contribution in [0.3, 0.4) is 0 Å². The van der Waals surface area contributed by atoms with Crippen LogP contribution < -0.4 is 15.8 Å². The number of halogens is 1. The molecular weight excluding hydrogens is 366 g/mol. The van der Waals surface area contributed by atoms with Gasteiger partial charge in [0, 0.05) is 5.69 Å². The van der Waals surface area contributed by atoms with Gasteiger partial charge in [0.1, 0.15) is 6.04 Å². The Kier molecular flexibility index (Phi) is 5.78. The zero-order chi connectivity index (χ0) is 18.6. The van der Waals surface area contributed by atoms with Gasteiger partial charge in [-0.25, -0.2) is 13.6 Å². The Balaban J connectivity index is 2.01. The number of benzene rings is 2. The number of sulfonamides is 1. The molecule has 7 nitrogen and oxygen atoms in total. The molecule has 0 aliphatic carbocycles. The Morgan fingerprint density at radius 1 is 1.08 bits per heavy atom. The van der Waals surface area contributed by atoms with Gasteiger partial charge in [-0.15, -0.1) is 0 Å². The summed E-state index contributed by atoms with van der Waals surface area (Å²) in [6, 6.07) is 11.0. The number of anilines is 1. The quantitative estimate of drug-likeness (QED) is 0.730. The van der Waals surface area contributed by atoms with Crippen LogP contribution >= 0.6 is 11.6 Å². The highest BCUT2D eigenvalue weighted by Gasteiger charge is 2.18. The van der Waals surface area contributed by atoms with Crippen molar-refractivity contribution in [2.24, 2.45) is 5.14 Å². The van der Waals surface area contributed by atoms with Gasteiger partial charge in [-0.1, -0.05) is 23.7 Å². The molecular formula is C16H16ClN3O4S. The summed E-state index contributed by atoms with van der Waals surface area (Å²) in [4.78, 5) is 24.2. The molecule has 0 bridgehead atoms. The predicted octanol–water partition coefficient (Wildman–Crippen LogP) is 1.74. The summed E-state index contributed by atoms with van der Waals surface area (Å²) in [5.74, 6) is -0.943. The van der Waals surface area contributed by atoms with Gasteiger partial charge in [0.15, 0.2) is 0 Å². The zero-order valence-electron chi connectivity index (χ0n) is 13.2. The molecule has 0 radical (unpaired) electrons. The van der Waals surface area contributed by atoms with Crippen molar-refractivity contribution in [3.8, 4) is 0 Å². The molecule has 0 fully saturated rings. The van der Waals surface area contributed by atoms with Crippen LogP contribution in [0.25, 0.3) is 0 Å². The Morgan fingerprint density at radius 2 is 1.68 bits per heavy atom. The number of carbonyl (C=O) groups is 2. The highest BCUT2D eigenvalue weighted by molar-refractivity contribution is 7.89. The summed E-state index contributed by atoms with van der Waals surface area (Å²) in [5, 5.41) is 10.4. The minimum atomic E-state index is -3.80. The molecule has 0 spiro atoms. The lowest BCUT2D eigenvalue weighted by atomic mass is 10.2. The molecule has 0 aliphatic rings. The molecule has 0 saturated heterocycles. The van der Waals surface area contributed by atoms with Crippen molar-refractivity contribution in [2.45, 2.75) is 17.9 Å². The minimum absolute atomic E-state index is 0.0643. The van der Waals surface area contributed by atoms with E-state index in [4.69, 9.17) is 16.7 Å². The first-order chi connectivity index (χ1) is 11.7. The second-order valence-corrected chi connectivity index (χ2v) is 7.20. The lowest BCUT2D eigenvalue weighted by Crippen LogP contribution is -2.41. The van der Waals surface area contributed by atoms with Gasteiger partial charge >= 0.3 is 0 Å². The number of amides is 2. The molecule has 2 aromatic carbocycles. The van der Waals surface area contributed by atoms with Crippen LogP contribution in [0, 0.1) is 0 Å². The lowest BCUT2D eigenvalue weighted by Gasteiger charge is -2.15. The van der Waals surface area contributed by atoms with E-state index in [1.165, 1.54) is 31.2 Å². The van der Waals surface area contributed by atoms with Crippen LogP contribution in [0.4, 0.5) is 5.69 Å². The SMILES string of the molecule is C[C@H](NC(=O)c1ccccc1Cl)C(=O)Nc1ccc(S(N)(=O)=O)cc1. The summed E-state index contributed by atoms with van der Waals surface area (Å²) >= 11 is 5.94. The van der Waals surface area contributed by atoms with Crippen LogP contribution in [0.15, 0.2) is 53.4 Å². The molecule has 1 atom stereocenters. The normalized spacial score (nSPS) is 12.3. The summed E-state index contributed by atoms with van der Waals surface area (Å²) in [6.07, 6.45) is 0. The van der Waals surface area contributed by atoms with E-state index in [0.717, 1.165) is 0 Å². The molecule has 0 heterocycles. The maximum atomic E-state index is 12.1. The number of primary sulfonamides is 1. The number of nitrogens with one attached hydrogen (secondary N) is 2. The molecule has 2 aromatic rings. The predicted molar refractivity (Wildman–Crippen MR) is 94.8 cm³/mol. The van der Waals surface area contributed by atoms with E-state index < -0.39 is 27.9 Å².